The van der Waals surface area contributed by atoms with Crippen molar-refractivity contribution >= 4 is 67.4 Å². The maximum Gasteiger partial charge on any atom is 0.233 e. The van der Waals surface area contributed by atoms with Crippen molar-refractivity contribution in [3.8, 4) is 0 Å². The van der Waals surface area contributed by atoms with Crippen molar-refractivity contribution in [3.05, 3.63) is 71.2 Å². The lowest BCUT2D eigenvalue weighted by atomic mass is 10.0. The van der Waals surface area contributed by atoms with E-state index < -0.39 is 0 Å². The molecule has 1 aliphatic rings. The first-order chi connectivity index (χ1) is 15.7. The Balaban J connectivity index is 0.00000259. The van der Waals surface area contributed by atoms with Crippen molar-refractivity contribution < 1.29 is 9.53 Å². The number of fused-ring (bicyclic) bond motifs is 2. The van der Waals surface area contributed by atoms with E-state index in [2.05, 4.69) is 23.1 Å². The topological polar surface area (TPSA) is 45.7 Å². The molecule has 0 aliphatic carbocycles. The summed E-state index contributed by atoms with van der Waals surface area (Å²) in [4.78, 5) is 22.5. The maximum absolute atomic E-state index is 13.6. The Morgan fingerprint density at radius 1 is 1.09 bits per heavy atom. The van der Waals surface area contributed by atoms with Crippen molar-refractivity contribution in [2.75, 3.05) is 44.3 Å². The Morgan fingerprint density at radius 2 is 1.88 bits per heavy atom. The standard InChI is InChI=1S/C25H24ClN3O2S.ClH/c26-20-8-9-22-23(17-20)32-25(27-22)29(11-10-28-12-14-31-15-13-28)24(30)16-19-6-3-5-18-4-1-2-7-21(18)19;/h1-9,17H,10-16H2;1H. The van der Waals surface area contributed by atoms with Crippen LogP contribution < -0.4 is 4.90 Å². The number of carbonyl (C=O) groups is 1. The summed E-state index contributed by atoms with van der Waals surface area (Å²) < 4.78 is 6.45. The Hall–Kier alpha value is -2.22. The van der Waals surface area contributed by atoms with Gasteiger partial charge in [-0.05, 0) is 34.5 Å². The quantitative estimate of drug-likeness (QED) is 0.353. The molecule has 0 radical (unpaired) electrons. The van der Waals surface area contributed by atoms with Gasteiger partial charge in [0.15, 0.2) is 5.13 Å². The van der Waals surface area contributed by atoms with E-state index in [4.69, 9.17) is 21.3 Å². The van der Waals surface area contributed by atoms with Crippen LogP contribution in [0.2, 0.25) is 5.02 Å². The minimum atomic E-state index is 0. The molecule has 4 aromatic rings. The Bertz CT molecular complexity index is 1250. The number of ether oxygens (including phenoxy) is 1. The van der Waals surface area contributed by atoms with E-state index >= 15 is 0 Å². The van der Waals surface area contributed by atoms with Crippen molar-refractivity contribution in [1.29, 1.82) is 0 Å². The molecule has 172 valence electrons. The molecule has 33 heavy (non-hydrogen) atoms. The van der Waals surface area contributed by atoms with E-state index in [0.29, 0.717) is 18.0 Å². The largest absolute Gasteiger partial charge is 0.379 e. The van der Waals surface area contributed by atoms with Gasteiger partial charge in [0.05, 0.1) is 29.9 Å². The van der Waals surface area contributed by atoms with Crippen LogP contribution >= 0.6 is 35.3 Å². The van der Waals surface area contributed by atoms with E-state index in [0.717, 1.165) is 64.5 Å². The highest BCUT2D eigenvalue weighted by Gasteiger charge is 2.22. The van der Waals surface area contributed by atoms with Crippen molar-refractivity contribution in [2.24, 2.45) is 0 Å². The molecule has 0 atom stereocenters. The molecule has 0 saturated carbocycles. The third-order valence-electron chi connectivity index (χ3n) is 5.84. The fourth-order valence-corrected chi connectivity index (χ4v) is 5.38. The van der Waals surface area contributed by atoms with Gasteiger partial charge in [-0.25, -0.2) is 4.98 Å². The van der Waals surface area contributed by atoms with Gasteiger partial charge in [-0.15, -0.1) is 12.4 Å². The summed E-state index contributed by atoms with van der Waals surface area (Å²) in [7, 11) is 0. The van der Waals surface area contributed by atoms with Gasteiger partial charge in [-0.3, -0.25) is 14.6 Å². The summed E-state index contributed by atoms with van der Waals surface area (Å²) in [5.41, 5.74) is 1.90. The second-order valence-corrected chi connectivity index (χ2v) is 9.37. The summed E-state index contributed by atoms with van der Waals surface area (Å²) >= 11 is 7.69. The second kappa shape index (κ2) is 10.8. The average Bonchev–Trinajstić information content (AvgIpc) is 3.23. The molecule has 0 N–H and O–H groups in total. The molecule has 3 aromatic carbocycles. The molecule has 0 unspecified atom stereocenters. The van der Waals surface area contributed by atoms with Crippen LogP contribution in [-0.2, 0) is 16.0 Å². The first kappa shape index (κ1) is 23.9. The van der Waals surface area contributed by atoms with Gasteiger partial charge in [0.1, 0.15) is 0 Å². The second-order valence-electron chi connectivity index (χ2n) is 7.92. The number of anilines is 1. The number of thiazole rings is 1. The predicted molar refractivity (Wildman–Crippen MR) is 139 cm³/mol. The molecule has 5 nitrogen and oxygen atoms in total. The van der Waals surface area contributed by atoms with Crippen molar-refractivity contribution in [3.63, 3.8) is 0 Å². The number of carbonyl (C=O) groups excluding carboxylic acids is 1. The zero-order chi connectivity index (χ0) is 21.9. The van der Waals surface area contributed by atoms with Crippen LogP contribution in [0.5, 0.6) is 0 Å². The molecule has 1 aliphatic heterocycles. The van der Waals surface area contributed by atoms with Gasteiger partial charge < -0.3 is 4.74 Å². The van der Waals surface area contributed by atoms with Gasteiger partial charge in [-0.1, -0.05) is 65.4 Å². The first-order valence-electron chi connectivity index (χ1n) is 10.8. The minimum absolute atomic E-state index is 0. The highest BCUT2D eigenvalue weighted by molar-refractivity contribution is 7.22. The van der Waals surface area contributed by atoms with Gasteiger partial charge in [0.2, 0.25) is 5.91 Å². The number of hydrogen-bond acceptors (Lipinski definition) is 5. The SMILES string of the molecule is Cl.O=C(Cc1cccc2ccccc12)N(CCN1CCOCC1)c1nc2ccc(Cl)cc2s1. The molecule has 1 aromatic heterocycles. The van der Waals surface area contributed by atoms with Crippen LogP contribution in [0.25, 0.3) is 21.0 Å². The number of aromatic nitrogens is 1. The summed E-state index contributed by atoms with van der Waals surface area (Å²) in [5, 5.41) is 3.66. The summed E-state index contributed by atoms with van der Waals surface area (Å²) in [6.07, 6.45) is 0.334. The fraction of sp³-hybridized carbons (Fsp3) is 0.280. The molecule has 1 saturated heterocycles. The third kappa shape index (κ3) is 5.48. The molecule has 0 bridgehead atoms. The lowest BCUT2D eigenvalue weighted by Gasteiger charge is -2.29. The zero-order valence-electron chi connectivity index (χ0n) is 18.1. The average molecular weight is 502 g/mol. The summed E-state index contributed by atoms with van der Waals surface area (Å²) in [6, 6.07) is 20.0. The van der Waals surface area contributed by atoms with Crippen LogP contribution in [0, 0.1) is 0 Å². The first-order valence-corrected chi connectivity index (χ1v) is 12.0. The molecule has 5 rings (SSSR count). The Kier molecular flexibility index (Phi) is 7.83. The van der Waals surface area contributed by atoms with Gasteiger partial charge in [0, 0.05) is 31.2 Å². The number of nitrogens with zero attached hydrogens (tertiary/aromatic N) is 3. The number of halogens is 2. The summed E-state index contributed by atoms with van der Waals surface area (Å²) in [6.45, 7) is 4.65. The molecule has 1 fully saturated rings. The Morgan fingerprint density at radius 3 is 2.73 bits per heavy atom. The third-order valence-corrected chi connectivity index (χ3v) is 7.11. The lowest BCUT2D eigenvalue weighted by molar-refractivity contribution is -0.118. The Labute approximate surface area is 208 Å². The van der Waals surface area contributed by atoms with Crippen LogP contribution in [0.1, 0.15) is 5.56 Å². The van der Waals surface area contributed by atoms with Crippen LogP contribution in [0.15, 0.2) is 60.7 Å². The fourth-order valence-electron chi connectivity index (χ4n) is 4.10. The number of amides is 1. The van der Waals surface area contributed by atoms with Crippen LogP contribution in [-0.4, -0.2) is 55.2 Å². The maximum atomic E-state index is 13.6. The highest BCUT2D eigenvalue weighted by Crippen LogP contribution is 2.31. The van der Waals surface area contributed by atoms with Crippen molar-refractivity contribution in [1.82, 2.24) is 9.88 Å². The predicted octanol–water partition coefficient (Wildman–Crippen LogP) is 5.43. The van der Waals surface area contributed by atoms with E-state index in [1.807, 2.05) is 47.4 Å². The molecule has 1 amide bonds. The van der Waals surface area contributed by atoms with Gasteiger partial charge >= 0.3 is 0 Å². The molecular formula is C25H25Cl2N3O2S. The van der Waals surface area contributed by atoms with E-state index in [-0.39, 0.29) is 18.3 Å². The minimum Gasteiger partial charge on any atom is -0.379 e. The molecule has 0 spiro atoms. The number of benzene rings is 3. The highest BCUT2D eigenvalue weighted by atomic mass is 35.5. The molecule has 8 heteroatoms. The van der Waals surface area contributed by atoms with Crippen molar-refractivity contribution in [2.45, 2.75) is 6.42 Å². The molecular weight excluding hydrogens is 477 g/mol. The number of hydrogen-bond donors (Lipinski definition) is 0. The van der Waals surface area contributed by atoms with Crippen LogP contribution in [0.4, 0.5) is 5.13 Å². The zero-order valence-corrected chi connectivity index (χ0v) is 20.5. The van der Waals surface area contributed by atoms with Gasteiger partial charge in [-0.2, -0.15) is 0 Å². The van der Waals surface area contributed by atoms with E-state index in [1.54, 1.807) is 0 Å². The normalized spacial score (nSPS) is 14.3. The van der Waals surface area contributed by atoms with Gasteiger partial charge in [0.25, 0.3) is 0 Å². The van der Waals surface area contributed by atoms with E-state index in [9.17, 15) is 4.79 Å². The monoisotopic (exact) mass is 501 g/mol. The molecule has 2 heterocycles. The number of morpholine rings is 1. The number of rotatable bonds is 6. The smallest absolute Gasteiger partial charge is 0.233 e. The van der Waals surface area contributed by atoms with Crippen LogP contribution in [0.3, 0.4) is 0 Å². The lowest BCUT2D eigenvalue weighted by Crippen LogP contribution is -2.43. The van der Waals surface area contributed by atoms with E-state index in [1.165, 1.54) is 11.3 Å². The summed E-state index contributed by atoms with van der Waals surface area (Å²) in [5.74, 6) is 0.0553.